The molecule has 3 unspecified atom stereocenters. The van der Waals surface area contributed by atoms with E-state index in [-0.39, 0.29) is 18.1 Å². The number of urea groups is 1. The SMILES string of the molecule is Cc1ccc(N(C)C(=O)N2C3CCC2C(C(=O)O)C3)cc1. The van der Waals surface area contributed by atoms with Crippen LogP contribution in [0, 0.1) is 12.8 Å². The number of carbonyl (C=O) groups excluding carboxylic acids is 1. The highest BCUT2D eigenvalue weighted by molar-refractivity contribution is 5.93. The van der Waals surface area contributed by atoms with E-state index in [9.17, 15) is 14.7 Å². The van der Waals surface area contributed by atoms with Crippen LogP contribution in [0.25, 0.3) is 0 Å². The van der Waals surface area contributed by atoms with E-state index in [0.29, 0.717) is 6.42 Å². The number of carboxylic acid groups (broad SMARTS) is 1. The number of hydrogen-bond donors (Lipinski definition) is 1. The predicted molar refractivity (Wildman–Crippen MR) is 79.4 cm³/mol. The molecule has 0 saturated carbocycles. The van der Waals surface area contributed by atoms with Crippen LogP contribution in [0.1, 0.15) is 24.8 Å². The molecule has 21 heavy (non-hydrogen) atoms. The second-order valence-corrected chi connectivity index (χ2v) is 6.06. The van der Waals surface area contributed by atoms with Crippen molar-refractivity contribution in [1.29, 1.82) is 0 Å². The Hall–Kier alpha value is -2.04. The lowest BCUT2D eigenvalue weighted by molar-refractivity contribution is -0.142. The first-order chi connectivity index (χ1) is 9.99. The molecule has 2 heterocycles. The molecular formula is C16H20N2O3. The second kappa shape index (κ2) is 5.06. The van der Waals surface area contributed by atoms with E-state index in [2.05, 4.69) is 0 Å². The van der Waals surface area contributed by atoms with Crippen LogP contribution in [0.4, 0.5) is 10.5 Å². The smallest absolute Gasteiger partial charge is 0.324 e. The third kappa shape index (κ3) is 2.26. The molecule has 2 bridgehead atoms. The van der Waals surface area contributed by atoms with E-state index >= 15 is 0 Å². The van der Waals surface area contributed by atoms with E-state index in [4.69, 9.17) is 0 Å². The van der Waals surface area contributed by atoms with Crippen molar-refractivity contribution in [3.8, 4) is 0 Å². The highest BCUT2D eigenvalue weighted by atomic mass is 16.4. The van der Waals surface area contributed by atoms with Crippen LogP contribution in [0.5, 0.6) is 0 Å². The molecule has 2 saturated heterocycles. The van der Waals surface area contributed by atoms with Crippen molar-refractivity contribution in [3.63, 3.8) is 0 Å². The Balaban J connectivity index is 1.79. The van der Waals surface area contributed by atoms with Gasteiger partial charge in [-0.25, -0.2) is 4.79 Å². The number of benzene rings is 1. The lowest BCUT2D eigenvalue weighted by Gasteiger charge is -2.29. The van der Waals surface area contributed by atoms with Crippen LogP contribution in [0.2, 0.25) is 0 Å². The third-order valence-electron chi connectivity index (χ3n) is 4.78. The van der Waals surface area contributed by atoms with Gasteiger partial charge in [0.25, 0.3) is 0 Å². The maximum Gasteiger partial charge on any atom is 0.324 e. The Morgan fingerprint density at radius 3 is 2.48 bits per heavy atom. The molecule has 0 radical (unpaired) electrons. The summed E-state index contributed by atoms with van der Waals surface area (Å²) in [5, 5.41) is 9.27. The number of fused-ring (bicyclic) bond motifs is 2. The number of nitrogens with zero attached hydrogens (tertiary/aromatic N) is 2. The van der Waals surface area contributed by atoms with Crippen molar-refractivity contribution in [2.75, 3.05) is 11.9 Å². The molecule has 1 N–H and O–H groups in total. The highest BCUT2D eigenvalue weighted by Gasteiger charge is 2.52. The Bertz CT molecular complexity index is 569. The first kappa shape index (κ1) is 13.9. The van der Waals surface area contributed by atoms with Crippen molar-refractivity contribution in [2.45, 2.75) is 38.3 Å². The summed E-state index contributed by atoms with van der Waals surface area (Å²) in [6.45, 7) is 2.00. The van der Waals surface area contributed by atoms with Gasteiger partial charge in [0.15, 0.2) is 0 Å². The Labute approximate surface area is 124 Å². The van der Waals surface area contributed by atoms with Gasteiger partial charge in [-0.15, -0.1) is 0 Å². The molecule has 5 nitrogen and oxygen atoms in total. The quantitative estimate of drug-likeness (QED) is 0.909. The van der Waals surface area contributed by atoms with Crippen LogP contribution in [-0.2, 0) is 4.79 Å². The summed E-state index contributed by atoms with van der Waals surface area (Å²) in [5.74, 6) is -1.18. The zero-order valence-corrected chi connectivity index (χ0v) is 12.3. The molecule has 112 valence electrons. The summed E-state index contributed by atoms with van der Waals surface area (Å²) in [4.78, 5) is 27.4. The first-order valence-electron chi connectivity index (χ1n) is 7.34. The maximum atomic E-state index is 12.7. The fourth-order valence-corrected chi connectivity index (χ4v) is 3.60. The first-order valence-corrected chi connectivity index (χ1v) is 7.34. The average Bonchev–Trinajstić information content (AvgIpc) is 3.04. The molecule has 0 aliphatic carbocycles. The van der Waals surface area contributed by atoms with E-state index < -0.39 is 11.9 Å². The van der Waals surface area contributed by atoms with Crippen molar-refractivity contribution < 1.29 is 14.7 Å². The molecule has 5 heteroatoms. The summed E-state index contributed by atoms with van der Waals surface area (Å²) in [6, 6.07) is 7.62. The number of hydrogen-bond acceptors (Lipinski definition) is 2. The lowest BCUT2D eigenvalue weighted by atomic mass is 9.89. The van der Waals surface area contributed by atoms with Gasteiger partial charge in [-0.1, -0.05) is 17.7 Å². The fourth-order valence-electron chi connectivity index (χ4n) is 3.60. The molecule has 2 aliphatic heterocycles. The van der Waals surface area contributed by atoms with Crippen molar-refractivity contribution in [2.24, 2.45) is 5.92 Å². The number of aliphatic carboxylic acids is 1. The van der Waals surface area contributed by atoms with Gasteiger partial charge in [-0.2, -0.15) is 0 Å². The molecule has 1 aromatic rings. The minimum atomic E-state index is -0.780. The second-order valence-electron chi connectivity index (χ2n) is 6.06. The zero-order valence-electron chi connectivity index (χ0n) is 12.3. The Kier molecular flexibility index (Phi) is 3.35. The average molecular weight is 288 g/mol. The van der Waals surface area contributed by atoms with Crippen molar-refractivity contribution in [3.05, 3.63) is 29.8 Å². The molecule has 0 spiro atoms. The van der Waals surface area contributed by atoms with Crippen molar-refractivity contribution in [1.82, 2.24) is 4.90 Å². The Morgan fingerprint density at radius 1 is 1.24 bits per heavy atom. The molecule has 2 fully saturated rings. The van der Waals surface area contributed by atoms with E-state index in [1.54, 1.807) is 16.8 Å². The van der Waals surface area contributed by atoms with E-state index in [1.165, 1.54) is 0 Å². The van der Waals surface area contributed by atoms with Gasteiger partial charge in [0.2, 0.25) is 0 Å². The predicted octanol–water partition coefficient (Wildman–Crippen LogP) is 2.49. The van der Waals surface area contributed by atoms with E-state index in [0.717, 1.165) is 24.1 Å². The minimum Gasteiger partial charge on any atom is -0.481 e. The fraction of sp³-hybridized carbons (Fsp3) is 0.500. The minimum absolute atomic E-state index is 0.0801. The number of aryl methyl sites for hydroxylation is 1. The molecular weight excluding hydrogens is 268 g/mol. The standard InChI is InChI=1S/C16H20N2O3/c1-10-3-5-11(6-4-10)17(2)16(21)18-12-7-8-14(18)13(9-12)15(19)20/h3-6,12-14H,7-9H2,1-2H3,(H,19,20). The monoisotopic (exact) mass is 288 g/mol. The summed E-state index contributed by atoms with van der Waals surface area (Å²) >= 11 is 0. The summed E-state index contributed by atoms with van der Waals surface area (Å²) in [5.41, 5.74) is 1.98. The van der Waals surface area contributed by atoms with Crippen LogP contribution in [0.3, 0.4) is 0 Å². The van der Waals surface area contributed by atoms with E-state index in [1.807, 2.05) is 31.2 Å². The summed E-state index contributed by atoms with van der Waals surface area (Å²) in [7, 11) is 1.75. The topological polar surface area (TPSA) is 60.9 Å². The van der Waals surface area contributed by atoms with Gasteiger partial charge in [-0.3, -0.25) is 9.69 Å². The third-order valence-corrected chi connectivity index (χ3v) is 4.78. The van der Waals surface area contributed by atoms with Crippen molar-refractivity contribution >= 4 is 17.7 Å². The largest absolute Gasteiger partial charge is 0.481 e. The normalized spacial score (nSPS) is 27.0. The number of carboxylic acids is 1. The molecule has 2 aliphatic rings. The lowest BCUT2D eigenvalue weighted by Crippen LogP contribution is -2.45. The van der Waals surface area contributed by atoms with Crippen LogP contribution >= 0.6 is 0 Å². The molecule has 2 amide bonds. The zero-order chi connectivity index (χ0) is 15.1. The van der Waals surface area contributed by atoms with Crippen LogP contribution in [-0.4, -0.2) is 41.1 Å². The molecule has 1 aromatic carbocycles. The van der Waals surface area contributed by atoms with Gasteiger partial charge < -0.3 is 10.0 Å². The number of carbonyl (C=O) groups is 2. The number of amides is 2. The molecule has 3 rings (SSSR count). The van der Waals surface area contributed by atoms with Crippen LogP contribution < -0.4 is 4.90 Å². The number of rotatable bonds is 2. The maximum absolute atomic E-state index is 12.7. The van der Waals surface area contributed by atoms with Gasteiger partial charge in [0.05, 0.1) is 5.92 Å². The highest BCUT2D eigenvalue weighted by Crippen LogP contribution is 2.42. The summed E-state index contributed by atoms with van der Waals surface area (Å²) in [6.07, 6.45) is 2.31. The van der Waals surface area contributed by atoms with Gasteiger partial charge in [0, 0.05) is 24.8 Å². The molecule has 0 aromatic heterocycles. The number of anilines is 1. The van der Waals surface area contributed by atoms with Gasteiger partial charge >= 0.3 is 12.0 Å². The van der Waals surface area contributed by atoms with Gasteiger partial charge in [0.1, 0.15) is 0 Å². The summed E-state index contributed by atoms with van der Waals surface area (Å²) < 4.78 is 0. The molecule has 3 atom stereocenters. The van der Waals surface area contributed by atoms with Gasteiger partial charge in [-0.05, 0) is 38.3 Å². The Morgan fingerprint density at radius 2 is 1.90 bits per heavy atom. The van der Waals surface area contributed by atoms with Crippen LogP contribution in [0.15, 0.2) is 24.3 Å².